The van der Waals surface area contributed by atoms with E-state index in [0.29, 0.717) is 0 Å². The second kappa shape index (κ2) is 5.23. The second-order valence-corrected chi connectivity index (χ2v) is 5.20. The molecule has 0 spiro atoms. The first-order chi connectivity index (χ1) is 8.56. The van der Waals surface area contributed by atoms with Crippen molar-refractivity contribution in [2.45, 2.75) is 23.8 Å². The molecule has 0 aliphatic rings. The van der Waals surface area contributed by atoms with Crippen LogP contribution < -0.4 is 5.73 Å². The summed E-state index contributed by atoms with van der Waals surface area (Å²) in [5, 5.41) is 8.50. The molecule has 3 nitrogen and oxygen atoms in total. The Morgan fingerprint density at radius 1 is 1.22 bits per heavy atom. The van der Waals surface area contributed by atoms with E-state index in [1.54, 1.807) is 0 Å². The van der Waals surface area contributed by atoms with Gasteiger partial charge in [-0.3, -0.25) is 5.41 Å². The zero-order valence-corrected chi connectivity index (χ0v) is 11.2. The Labute approximate surface area is 111 Å². The molecule has 4 heteroatoms. The average Bonchev–Trinajstić information content (AvgIpc) is 2.27. The van der Waals surface area contributed by atoms with E-state index in [1.165, 1.54) is 17.3 Å². The van der Waals surface area contributed by atoms with Crippen molar-refractivity contribution >= 4 is 17.6 Å². The number of pyridine rings is 1. The maximum absolute atomic E-state index is 7.57. The van der Waals surface area contributed by atoms with Crippen LogP contribution in [0.1, 0.15) is 16.8 Å². The fourth-order valence-electron chi connectivity index (χ4n) is 1.75. The fraction of sp³-hybridized carbons (Fsp3) is 0.143. The number of nitrogen functional groups attached to an aromatic ring is 1. The van der Waals surface area contributed by atoms with Crippen LogP contribution >= 0.6 is 11.8 Å². The molecule has 0 radical (unpaired) electrons. The van der Waals surface area contributed by atoms with Crippen LogP contribution in [0.15, 0.2) is 46.3 Å². The molecule has 2 aromatic rings. The van der Waals surface area contributed by atoms with Gasteiger partial charge >= 0.3 is 0 Å². The third-order valence-corrected chi connectivity index (χ3v) is 3.46. The van der Waals surface area contributed by atoms with Gasteiger partial charge in [0.05, 0.1) is 0 Å². The van der Waals surface area contributed by atoms with Crippen LogP contribution in [0.2, 0.25) is 0 Å². The first-order valence-corrected chi connectivity index (χ1v) is 6.44. The Kier molecular flexibility index (Phi) is 3.67. The maximum atomic E-state index is 7.57. The summed E-state index contributed by atoms with van der Waals surface area (Å²) < 4.78 is 0. The highest BCUT2D eigenvalue weighted by molar-refractivity contribution is 7.99. The van der Waals surface area contributed by atoms with Gasteiger partial charge in [-0.15, -0.1) is 0 Å². The normalized spacial score (nSPS) is 10.3. The molecule has 18 heavy (non-hydrogen) atoms. The number of nitrogens with one attached hydrogen (secondary N) is 1. The number of amidine groups is 1. The summed E-state index contributed by atoms with van der Waals surface area (Å²) in [6.07, 6.45) is 0. The van der Waals surface area contributed by atoms with E-state index in [0.717, 1.165) is 21.2 Å². The summed E-state index contributed by atoms with van der Waals surface area (Å²) in [5.74, 6) is 0.0856. The topological polar surface area (TPSA) is 62.8 Å². The fourth-order valence-corrected chi connectivity index (χ4v) is 2.84. The summed E-state index contributed by atoms with van der Waals surface area (Å²) in [7, 11) is 0. The molecule has 0 amide bonds. The van der Waals surface area contributed by atoms with E-state index < -0.39 is 0 Å². The van der Waals surface area contributed by atoms with Crippen LogP contribution in [0.4, 0.5) is 0 Å². The minimum absolute atomic E-state index is 0.0856. The summed E-state index contributed by atoms with van der Waals surface area (Å²) in [6.45, 7) is 4.03. The van der Waals surface area contributed by atoms with Crippen molar-refractivity contribution in [3.05, 3.63) is 53.2 Å². The van der Waals surface area contributed by atoms with E-state index in [9.17, 15) is 0 Å². The number of nitrogens with two attached hydrogens (primary N) is 1. The van der Waals surface area contributed by atoms with Gasteiger partial charge in [-0.2, -0.15) is 0 Å². The highest BCUT2D eigenvalue weighted by atomic mass is 32.2. The zero-order chi connectivity index (χ0) is 13.1. The van der Waals surface area contributed by atoms with Crippen molar-refractivity contribution in [1.29, 1.82) is 5.41 Å². The predicted octanol–water partition coefficient (Wildman–Crippen LogP) is 3.13. The molecule has 0 aliphatic carbocycles. The molecule has 0 atom stereocenters. The minimum Gasteiger partial charge on any atom is -0.384 e. The van der Waals surface area contributed by atoms with Crippen LogP contribution in [0, 0.1) is 19.3 Å². The van der Waals surface area contributed by atoms with Crippen molar-refractivity contribution in [3.8, 4) is 0 Å². The molecule has 1 aromatic carbocycles. The molecule has 1 aromatic heterocycles. The van der Waals surface area contributed by atoms with Crippen LogP contribution in [-0.4, -0.2) is 10.8 Å². The summed E-state index contributed by atoms with van der Waals surface area (Å²) in [5.41, 5.74) is 8.51. The first kappa shape index (κ1) is 12.6. The quantitative estimate of drug-likeness (QED) is 0.656. The van der Waals surface area contributed by atoms with Crippen molar-refractivity contribution in [2.24, 2.45) is 5.73 Å². The predicted molar refractivity (Wildman–Crippen MR) is 75.3 cm³/mol. The molecule has 0 saturated heterocycles. The first-order valence-electron chi connectivity index (χ1n) is 5.63. The van der Waals surface area contributed by atoms with Gasteiger partial charge in [-0.05, 0) is 37.6 Å². The highest BCUT2D eigenvalue weighted by Gasteiger charge is 2.07. The molecular weight excluding hydrogens is 242 g/mol. The number of aromatic nitrogens is 1. The smallest absolute Gasteiger partial charge is 0.123 e. The van der Waals surface area contributed by atoms with Crippen LogP contribution in [-0.2, 0) is 0 Å². The maximum Gasteiger partial charge on any atom is 0.123 e. The minimum atomic E-state index is 0.0856. The Balaban J connectivity index is 2.37. The largest absolute Gasteiger partial charge is 0.384 e. The number of aryl methyl sites for hydroxylation is 2. The van der Waals surface area contributed by atoms with Crippen molar-refractivity contribution in [3.63, 3.8) is 0 Å². The monoisotopic (exact) mass is 257 g/mol. The van der Waals surface area contributed by atoms with E-state index in [2.05, 4.69) is 11.9 Å². The Hall–Kier alpha value is -1.81. The highest BCUT2D eigenvalue weighted by Crippen LogP contribution is 2.29. The molecule has 0 fully saturated rings. The van der Waals surface area contributed by atoms with Gasteiger partial charge in [0.2, 0.25) is 0 Å². The lowest BCUT2D eigenvalue weighted by Crippen LogP contribution is -2.12. The lowest BCUT2D eigenvalue weighted by atomic mass is 10.2. The van der Waals surface area contributed by atoms with Gasteiger partial charge in [0.25, 0.3) is 0 Å². The number of rotatable bonds is 3. The van der Waals surface area contributed by atoms with E-state index >= 15 is 0 Å². The Bertz CT molecular complexity index is 573. The summed E-state index contributed by atoms with van der Waals surface area (Å²) >= 11 is 1.54. The molecular formula is C14H15N3S. The molecule has 3 N–H and O–H groups in total. The third kappa shape index (κ3) is 2.90. The van der Waals surface area contributed by atoms with Gasteiger partial charge in [0.1, 0.15) is 10.9 Å². The Morgan fingerprint density at radius 3 is 2.61 bits per heavy atom. The van der Waals surface area contributed by atoms with Gasteiger partial charge in [0.15, 0.2) is 0 Å². The summed E-state index contributed by atoms with van der Waals surface area (Å²) in [6, 6.07) is 11.7. The van der Waals surface area contributed by atoms with Gasteiger partial charge < -0.3 is 5.73 Å². The van der Waals surface area contributed by atoms with Crippen LogP contribution in [0.5, 0.6) is 0 Å². The van der Waals surface area contributed by atoms with Crippen molar-refractivity contribution in [2.75, 3.05) is 0 Å². The van der Waals surface area contributed by atoms with E-state index in [-0.39, 0.29) is 5.84 Å². The number of hydrogen-bond donors (Lipinski definition) is 2. The van der Waals surface area contributed by atoms with Crippen molar-refractivity contribution in [1.82, 2.24) is 4.98 Å². The second-order valence-electron chi connectivity index (χ2n) is 4.14. The number of nitrogens with zero attached hydrogens (tertiary/aromatic N) is 1. The van der Waals surface area contributed by atoms with Crippen LogP contribution in [0.25, 0.3) is 0 Å². The molecule has 2 rings (SSSR count). The molecule has 1 heterocycles. The summed E-state index contributed by atoms with van der Waals surface area (Å²) in [4.78, 5) is 5.44. The van der Waals surface area contributed by atoms with Gasteiger partial charge in [-0.1, -0.05) is 30.0 Å². The lowest BCUT2D eigenvalue weighted by Gasteiger charge is -2.08. The zero-order valence-electron chi connectivity index (χ0n) is 10.4. The van der Waals surface area contributed by atoms with E-state index in [4.69, 9.17) is 11.1 Å². The molecule has 92 valence electrons. The van der Waals surface area contributed by atoms with Crippen molar-refractivity contribution < 1.29 is 0 Å². The molecule has 0 aliphatic heterocycles. The number of hydrogen-bond acceptors (Lipinski definition) is 3. The SMILES string of the molecule is Cc1cc(C)nc(Sc2ccccc2C(=N)N)c1. The van der Waals surface area contributed by atoms with Gasteiger partial charge in [-0.25, -0.2) is 4.98 Å². The molecule has 0 unspecified atom stereocenters. The Morgan fingerprint density at radius 2 is 1.94 bits per heavy atom. The number of benzene rings is 1. The lowest BCUT2D eigenvalue weighted by molar-refractivity contribution is 1.05. The average molecular weight is 257 g/mol. The van der Waals surface area contributed by atoms with Crippen LogP contribution in [0.3, 0.4) is 0 Å². The standard InChI is InChI=1S/C14H15N3S/c1-9-7-10(2)17-13(8-9)18-12-6-4-3-5-11(12)14(15)16/h3-8H,1-2H3,(H3,15,16). The molecule has 0 bridgehead atoms. The molecule has 0 saturated carbocycles. The third-order valence-electron chi connectivity index (χ3n) is 2.47. The van der Waals surface area contributed by atoms with E-state index in [1.807, 2.05) is 43.3 Å². The van der Waals surface area contributed by atoms with Gasteiger partial charge in [0, 0.05) is 16.2 Å².